The van der Waals surface area contributed by atoms with Crippen LogP contribution in [0.15, 0.2) is 48.5 Å². The van der Waals surface area contributed by atoms with Crippen molar-refractivity contribution in [3.8, 4) is 0 Å². The molecule has 0 N–H and O–H groups in total. The van der Waals surface area contributed by atoms with Crippen molar-refractivity contribution < 1.29 is 37.0 Å². The molecule has 0 bridgehead atoms. The summed E-state index contributed by atoms with van der Waals surface area (Å²) < 4.78 is 51.5. The Hall–Kier alpha value is -2.12. The van der Waals surface area contributed by atoms with Crippen molar-refractivity contribution in [3.05, 3.63) is 93.6 Å². The second-order valence-corrected chi connectivity index (χ2v) is 24.4. The van der Waals surface area contributed by atoms with Crippen molar-refractivity contribution in [3.63, 3.8) is 0 Å². The van der Waals surface area contributed by atoms with Crippen LogP contribution in [0.4, 0.5) is 0 Å². The Labute approximate surface area is 482 Å². The summed E-state index contributed by atoms with van der Waals surface area (Å²) in [5.41, 5.74) is 5.34. The quantitative estimate of drug-likeness (QED) is 0.0362. The van der Waals surface area contributed by atoms with Crippen molar-refractivity contribution in [2.75, 3.05) is 79.2 Å². The SMILES string of the molecule is [C-]#[N+]CCOP(OCCCCCCOCc1ccc(CCCCCCCCCC)cc1)N(C(C)C)C(C)C.[C-]#[N+]CCOP(OCCOCCOCCOCc1ccc(CCCCCCCCCC)cc1)N(C(C)C)C(C)C. The lowest BCUT2D eigenvalue weighted by atomic mass is 10.0. The number of nitrogens with zero attached hydrogens (tertiary/aromatic N) is 4. The number of rotatable bonds is 52. The summed E-state index contributed by atoms with van der Waals surface area (Å²) in [6.45, 7) is 43.1. The lowest BCUT2D eigenvalue weighted by Gasteiger charge is -2.35. The molecular formula is C64H114N4O8P2. The third-order valence-electron chi connectivity index (χ3n) is 13.1. The number of unbranched alkanes of at least 4 members (excludes halogenated alkanes) is 17. The van der Waals surface area contributed by atoms with Gasteiger partial charge in [0, 0.05) is 30.8 Å². The molecule has 2 unspecified atom stereocenters. The third kappa shape index (κ3) is 41.0. The van der Waals surface area contributed by atoms with E-state index < -0.39 is 17.1 Å². The summed E-state index contributed by atoms with van der Waals surface area (Å²) in [6, 6.07) is 19.1. The van der Waals surface area contributed by atoms with Crippen LogP contribution < -0.4 is 0 Å². The molecule has 78 heavy (non-hydrogen) atoms. The van der Waals surface area contributed by atoms with Crippen LogP contribution in [0.1, 0.15) is 220 Å². The molecule has 2 rings (SSSR count). The maximum Gasteiger partial charge on any atom is 0.259 e. The molecule has 0 spiro atoms. The first-order chi connectivity index (χ1) is 38.0. The zero-order valence-corrected chi connectivity index (χ0v) is 53.1. The van der Waals surface area contributed by atoms with Crippen LogP contribution in [0.25, 0.3) is 9.69 Å². The average molecular weight is 1130 g/mol. The van der Waals surface area contributed by atoms with Crippen molar-refractivity contribution in [2.45, 2.75) is 248 Å². The van der Waals surface area contributed by atoms with Crippen molar-refractivity contribution in [1.29, 1.82) is 0 Å². The minimum Gasteiger partial charge on any atom is -0.377 e. The normalized spacial score (nSPS) is 12.5. The maximum absolute atomic E-state index is 6.98. The first kappa shape index (κ1) is 73.9. The number of ether oxygens (including phenoxy) is 4. The second-order valence-electron chi connectivity index (χ2n) is 21.5. The fourth-order valence-electron chi connectivity index (χ4n) is 8.94. The van der Waals surface area contributed by atoms with E-state index in [1.165, 1.54) is 138 Å². The van der Waals surface area contributed by atoms with E-state index in [2.05, 4.69) is 137 Å². The van der Waals surface area contributed by atoms with Gasteiger partial charge in [0.2, 0.25) is 13.1 Å². The molecule has 0 radical (unpaired) electrons. The van der Waals surface area contributed by atoms with Crippen molar-refractivity contribution in [2.24, 2.45) is 0 Å². The molecule has 14 heteroatoms. The first-order valence-corrected chi connectivity index (χ1v) is 33.1. The van der Waals surface area contributed by atoms with Crippen LogP contribution in [0.3, 0.4) is 0 Å². The van der Waals surface area contributed by atoms with Gasteiger partial charge in [-0.1, -0.05) is 165 Å². The Morgan fingerprint density at radius 3 is 1.03 bits per heavy atom. The van der Waals surface area contributed by atoms with E-state index in [1.807, 2.05) is 0 Å². The van der Waals surface area contributed by atoms with Crippen LogP contribution in [0.2, 0.25) is 0 Å². The van der Waals surface area contributed by atoms with Crippen LogP contribution in [-0.2, 0) is 63.1 Å². The van der Waals surface area contributed by atoms with Gasteiger partial charge in [0.25, 0.3) is 17.1 Å². The lowest BCUT2D eigenvalue weighted by molar-refractivity contribution is 0.00499. The molecule has 2 aromatic rings. The van der Waals surface area contributed by atoms with Gasteiger partial charge in [-0.15, -0.1) is 0 Å². The van der Waals surface area contributed by atoms with Gasteiger partial charge < -0.3 is 46.7 Å². The Kier molecular flexibility index (Phi) is 50.1. The van der Waals surface area contributed by atoms with E-state index in [9.17, 15) is 0 Å². The minimum absolute atomic E-state index is 0.291. The molecule has 0 aliphatic heterocycles. The number of benzene rings is 2. The van der Waals surface area contributed by atoms with Gasteiger partial charge in [0.1, 0.15) is 13.2 Å². The van der Waals surface area contributed by atoms with Crippen LogP contribution in [0, 0.1) is 13.1 Å². The Bertz CT molecular complexity index is 1680. The summed E-state index contributed by atoms with van der Waals surface area (Å²) in [5, 5.41) is 0. The van der Waals surface area contributed by atoms with Gasteiger partial charge in [-0.25, -0.2) is 22.5 Å². The second kappa shape index (κ2) is 52.9. The van der Waals surface area contributed by atoms with E-state index >= 15 is 0 Å². The van der Waals surface area contributed by atoms with Crippen molar-refractivity contribution in [1.82, 2.24) is 9.34 Å². The zero-order chi connectivity index (χ0) is 57.1. The highest BCUT2D eigenvalue weighted by molar-refractivity contribution is 7.44. The summed E-state index contributed by atoms with van der Waals surface area (Å²) in [4.78, 5) is 6.77. The van der Waals surface area contributed by atoms with Gasteiger partial charge in [0.15, 0.2) is 0 Å². The Balaban J connectivity index is 0.000000781. The largest absolute Gasteiger partial charge is 0.377 e. The molecular weight excluding hydrogens is 1010 g/mol. The summed E-state index contributed by atoms with van der Waals surface area (Å²) in [7, 11) is -2.33. The van der Waals surface area contributed by atoms with Crippen LogP contribution in [0.5, 0.6) is 0 Å². The van der Waals surface area contributed by atoms with Crippen molar-refractivity contribution >= 4 is 17.1 Å². The highest BCUT2D eigenvalue weighted by atomic mass is 31.2. The highest BCUT2D eigenvalue weighted by Crippen LogP contribution is 2.46. The number of hydrogen-bond acceptors (Lipinski definition) is 10. The third-order valence-corrected chi connectivity index (χ3v) is 17.3. The smallest absolute Gasteiger partial charge is 0.259 e. The lowest BCUT2D eigenvalue weighted by Crippen LogP contribution is -2.34. The summed E-state index contributed by atoms with van der Waals surface area (Å²) >= 11 is 0. The minimum atomic E-state index is -1.22. The molecule has 0 aliphatic rings. The Morgan fingerprint density at radius 2 is 0.641 bits per heavy atom. The fraction of sp³-hybridized carbons (Fsp3) is 0.781. The topological polar surface area (TPSA) is 89.0 Å². The van der Waals surface area contributed by atoms with Gasteiger partial charge in [0.05, 0.1) is 59.5 Å². The first-order valence-electron chi connectivity index (χ1n) is 30.8. The summed E-state index contributed by atoms with van der Waals surface area (Å²) in [5.74, 6) is 0. The summed E-state index contributed by atoms with van der Waals surface area (Å²) in [6.07, 6.45) is 28.6. The predicted octanol–water partition coefficient (Wildman–Crippen LogP) is 18.0. The predicted molar refractivity (Wildman–Crippen MR) is 330 cm³/mol. The van der Waals surface area contributed by atoms with E-state index in [1.54, 1.807) is 0 Å². The van der Waals surface area contributed by atoms with Gasteiger partial charge in [-0.2, -0.15) is 0 Å². The molecule has 0 amide bonds. The molecule has 0 saturated carbocycles. The molecule has 0 fully saturated rings. The van der Waals surface area contributed by atoms with E-state index in [0.717, 1.165) is 32.3 Å². The zero-order valence-electron chi connectivity index (χ0n) is 51.3. The molecule has 448 valence electrons. The molecule has 2 atom stereocenters. The van der Waals surface area contributed by atoms with E-state index in [0.29, 0.717) is 110 Å². The molecule has 0 aromatic heterocycles. The van der Waals surface area contributed by atoms with Gasteiger partial charge in [-0.05, 0) is 116 Å². The highest BCUT2D eigenvalue weighted by Gasteiger charge is 2.28. The number of hydrogen-bond donors (Lipinski definition) is 0. The van der Waals surface area contributed by atoms with Gasteiger partial charge >= 0.3 is 0 Å². The standard InChI is InChI=1S/C32H57N2O5P.C32H57N2O3P/c1-7-8-9-10-11-12-13-14-15-31-16-18-32(19-17-31)28-37-25-24-35-22-23-36-26-27-39-40(38-21-20-33-6)34(29(2)3)30(4)5;1-7-8-9-10-11-12-13-16-19-31-20-22-32(23-21-31)28-35-25-17-14-15-18-26-36-38(37-27-24-33-6)34(29(2)3)30(4)5/h16-19,29-30H,7-15,20-28H2,1-5H3;20-23,29-30H,7-19,24-28H2,1-5H3. The molecule has 2 aromatic carbocycles. The van der Waals surface area contributed by atoms with Crippen LogP contribution >= 0.6 is 17.1 Å². The van der Waals surface area contributed by atoms with E-state index in [4.69, 9.17) is 50.2 Å². The molecule has 0 aliphatic carbocycles. The maximum atomic E-state index is 6.98. The molecule has 0 heterocycles. The molecule has 0 saturated heterocycles. The fourth-order valence-corrected chi connectivity index (χ4v) is 12.1. The van der Waals surface area contributed by atoms with Gasteiger partial charge in [-0.3, -0.25) is 0 Å². The monoisotopic (exact) mass is 1130 g/mol. The molecule has 12 nitrogen and oxygen atoms in total. The Morgan fingerprint density at radius 1 is 0.346 bits per heavy atom. The number of aryl methyl sites for hydroxylation is 2. The average Bonchev–Trinajstić information content (AvgIpc) is 3.42. The van der Waals surface area contributed by atoms with E-state index in [-0.39, 0.29) is 0 Å². The van der Waals surface area contributed by atoms with Crippen LogP contribution in [-0.4, -0.2) is 113 Å².